The van der Waals surface area contributed by atoms with Gasteiger partial charge in [-0.05, 0) is 43.9 Å². The van der Waals surface area contributed by atoms with E-state index in [0.717, 1.165) is 31.7 Å². The van der Waals surface area contributed by atoms with Crippen molar-refractivity contribution in [2.45, 2.75) is 69.5 Å². The van der Waals surface area contributed by atoms with Crippen molar-refractivity contribution in [1.29, 1.82) is 0 Å². The molecule has 6 nitrogen and oxygen atoms in total. The third kappa shape index (κ3) is 4.98. The van der Waals surface area contributed by atoms with Gasteiger partial charge in [-0.1, -0.05) is 26.7 Å². The van der Waals surface area contributed by atoms with E-state index >= 15 is 0 Å². The minimum Gasteiger partial charge on any atom is -0.375 e. The highest BCUT2D eigenvalue weighted by molar-refractivity contribution is 7.89. The van der Waals surface area contributed by atoms with Gasteiger partial charge in [0.2, 0.25) is 10.0 Å². The second-order valence-corrected chi connectivity index (χ2v) is 9.70. The van der Waals surface area contributed by atoms with Crippen molar-refractivity contribution in [3.05, 3.63) is 29.6 Å². The van der Waals surface area contributed by atoms with Crippen LogP contribution in [0.25, 0.3) is 0 Å². The van der Waals surface area contributed by atoms with Crippen LogP contribution in [-0.4, -0.2) is 61.9 Å². The van der Waals surface area contributed by atoms with Crippen molar-refractivity contribution in [3.8, 4) is 0 Å². The Kier molecular flexibility index (Phi) is 7.29. The zero-order valence-corrected chi connectivity index (χ0v) is 18.1. The van der Waals surface area contributed by atoms with E-state index in [9.17, 15) is 17.6 Å². The third-order valence-corrected chi connectivity index (χ3v) is 7.97. The molecule has 0 atom stereocenters. The Morgan fingerprint density at radius 3 is 2.28 bits per heavy atom. The first-order chi connectivity index (χ1) is 13.9. The molecule has 1 aliphatic carbocycles. The summed E-state index contributed by atoms with van der Waals surface area (Å²) in [6.45, 7) is 5.09. The van der Waals surface area contributed by atoms with Gasteiger partial charge < -0.3 is 9.64 Å². The second-order valence-electron chi connectivity index (χ2n) is 7.77. The van der Waals surface area contributed by atoms with Crippen LogP contribution in [0, 0.1) is 5.82 Å². The number of piperidine rings is 1. The van der Waals surface area contributed by atoms with Crippen LogP contribution in [0.4, 0.5) is 4.39 Å². The fourth-order valence-corrected chi connectivity index (χ4v) is 5.69. The summed E-state index contributed by atoms with van der Waals surface area (Å²) in [6.07, 6.45) is 6.57. The average Bonchev–Trinajstić information content (AvgIpc) is 3.22. The maximum atomic E-state index is 14.4. The van der Waals surface area contributed by atoms with Crippen molar-refractivity contribution in [2.75, 3.05) is 26.2 Å². The first-order valence-corrected chi connectivity index (χ1v) is 12.0. The van der Waals surface area contributed by atoms with Crippen LogP contribution in [-0.2, 0) is 14.8 Å². The largest absolute Gasteiger partial charge is 0.375 e. The quantitative estimate of drug-likeness (QED) is 0.670. The van der Waals surface area contributed by atoms with Crippen LogP contribution < -0.4 is 0 Å². The van der Waals surface area contributed by atoms with Crippen LogP contribution in [0.15, 0.2) is 23.1 Å². The molecule has 0 spiro atoms. The van der Waals surface area contributed by atoms with Crippen LogP contribution in [0.2, 0.25) is 0 Å². The number of nitrogens with zero attached hydrogens (tertiary/aromatic N) is 2. The zero-order valence-electron chi connectivity index (χ0n) is 17.3. The van der Waals surface area contributed by atoms with Gasteiger partial charge in [0.25, 0.3) is 5.91 Å². The minimum absolute atomic E-state index is 0.0506. The summed E-state index contributed by atoms with van der Waals surface area (Å²) in [4.78, 5) is 14.4. The smallest absolute Gasteiger partial charge is 0.256 e. The van der Waals surface area contributed by atoms with Crippen LogP contribution in [0.5, 0.6) is 0 Å². The Hall–Kier alpha value is -1.51. The molecule has 162 valence electrons. The van der Waals surface area contributed by atoms with E-state index in [2.05, 4.69) is 0 Å². The van der Waals surface area contributed by atoms with E-state index in [0.29, 0.717) is 32.3 Å². The predicted molar refractivity (Wildman–Crippen MR) is 109 cm³/mol. The van der Waals surface area contributed by atoms with Crippen molar-refractivity contribution < 1.29 is 22.3 Å². The molecule has 0 unspecified atom stereocenters. The fraction of sp³-hybridized carbons (Fsp3) is 0.667. The van der Waals surface area contributed by atoms with Crippen LogP contribution in [0.3, 0.4) is 0 Å². The highest BCUT2D eigenvalue weighted by Crippen LogP contribution is 2.26. The lowest BCUT2D eigenvalue weighted by Crippen LogP contribution is -2.42. The number of halogens is 1. The van der Waals surface area contributed by atoms with Gasteiger partial charge in [0.15, 0.2) is 0 Å². The summed E-state index contributed by atoms with van der Waals surface area (Å²) in [5.41, 5.74) is -0.187. The number of sulfonamides is 1. The second kappa shape index (κ2) is 9.53. The molecule has 1 saturated heterocycles. The molecule has 1 aliphatic heterocycles. The Balaban J connectivity index is 1.69. The van der Waals surface area contributed by atoms with Gasteiger partial charge in [-0.3, -0.25) is 4.79 Å². The molecule has 0 radical (unpaired) electrons. The first kappa shape index (κ1) is 22.2. The number of carbonyl (C=O) groups excluding carboxylic acids is 1. The first-order valence-electron chi connectivity index (χ1n) is 10.6. The molecular weight excluding hydrogens is 395 g/mol. The molecule has 1 heterocycles. The molecule has 8 heteroatoms. The molecule has 1 aromatic rings. The summed E-state index contributed by atoms with van der Waals surface area (Å²) in [6, 6.07) is 3.47. The number of rotatable bonds is 7. The van der Waals surface area contributed by atoms with Gasteiger partial charge in [-0.2, -0.15) is 4.31 Å². The lowest BCUT2D eigenvalue weighted by atomic mass is 10.1. The molecule has 3 rings (SSSR count). The molecule has 1 saturated carbocycles. The summed E-state index contributed by atoms with van der Waals surface area (Å²) < 4.78 is 47.3. The number of hydrogen-bond donors (Lipinski definition) is 0. The molecule has 2 fully saturated rings. The Morgan fingerprint density at radius 1 is 1.10 bits per heavy atom. The molecule has 1 aromatic carbocycles. The SMILES string of the molecule is CCN(CC)S(=O)(=O)c1ccc(F)c(C(=O)N2CCC(OC3CCCC3)CC2)c1. The standard InChI is InChI=1S/C21H31FN2O4S/c1-3-24(4-2)29(26,27)18-9-10-20(22)19(15-18)21(25)23-13-11-17(12-14-23)28-16-7-5-6-8-16/h9-10,15-17H,3-8,11-14H2,1-2H3. The van der Waals surface area contributed by atoms with E-state index < -0.39 is 21.7 Å². The highest BCUT2D eigenvalue weighted by Gasteiger charge is 2.30. The van der Waals surface area contributed by atoms with Gasteiger partial charge in [-0.15, -0.1) is 0 Å². The molecule has 29 heavy (non-hydrogen) atoms. The lowest BCUT2D eigenvalue weighted by Gasteiger charge is -2.33. The molecule has 0 bridgehead atoms. The summed E-state index contributed by atoms with van der Waals surface area (Å²) in [5.74, 6) is -1.16. The summed E-state index contributed by atoms with van der Waals surface area (Å²) in [7, 11) is -3.75. The van der Waals surface area contributed by atoms with Gasteiger partial charge in [0.05, 0.1) is 22.7 Å². The number of amides is 1. The molecular formula is C21H31FN2O4S. The maximum absolute atomic E-state index is 14.4. The molecule has 1 amide bonds. The van der Waals surface area contributed by atoms with E-state index in [1.807, 2.05) is 0 Å². The van der Waals surface area contributed by atoms with E-state index in [1.165, 1.54) is 29.3 Å². The molecule has 0 aromatic heterocycles. The van der Waals surface area contributed by atoms with Crippen LogP contribution in [0.1, 0.15) is 62.7 Å². The Labute approximate surface area is 173 Å². The fourth-order valence-electron chi connectivity index (χ4n) is 4.20. The van der Waals surface area contributed by atoms with Crippen molar-refractivity contribution in [2.24, 2.45) is 0 Å². The van der Waals surface area contributed by atoms with Crippen LogP contribution >= 0.6 is 0 Å². The van der Waals surface area contributed by atoms with Gasteiger partial charge in [-0.25, -0.2) is 12.8 Å². The summed E-state index contributed by atoms with van der Waals surface area (Å²) in [5, 5.41) is 0. The van der Waals surface area contributed by atoms with E-state index in [4.69, 9.17) is 4.74 Å². The average molecular weight is 427 g/mol. The number of ether oxygens (including phenoxy) is 1. The van der Waals surface area contributed by atoms with Gasteiger partial charge >= 0.3 is 0 Å². The van der Waals surface area contributed by atoms with Gasteiger partial charge in [0.1, 0.15) is 5.82 Å². The Bertz CT molecular complexity index is 812. The lowest BCUT2D eigenvalue weighted by molar-refractivity contribution is -0.0358. The Morgan fingerprint density at radius 2 is 1.69 bits per heavy atom. The van der Waals surface area contributed by atoms with Crippen molar-refractivity contribution in [3.63, 3.8) is 0 Å². The number of likely N-dealkylation sites (tertiary alicyclic amines) is 1. The van der Waals surface area contributed by atoms with E-state index in [1.54, 1.807) is 18.7 Å². The minimum atomic E-state index is -3.75. The van der Waals surface area contributed by atoms with Gasteiger partial charge in [0, 0.05) is 26.2 Å². The molecule has 2 aliphatic rings. The third-order valence-electron chi connectivity index (χ3n) is 5.93. The van der Waals surface area contributed by atoms with E-state index in [-0.39, 0.29) is 16.6 Å². The monoisotopic (exact) mass is 426 g/mol. The maximum Gasteiger partial charge on any atom is 0.256 e. The topological polar surface area (TPSA) is 66.9 Å². The molecule has 0 N–H and O–H groups in total. The van der Waals surface area contributed by atoms with Crippen molar-refractivity contribution >= 4 is 15.9 Å². The predicted octanol–water partition coefficient (Wildman–Crippen LogP) is 3.42. The number of benzene rings is 1. The number of carbonyl (C=O) groups is 1. The van der Waals surface area contributed by atoms with Crippen molar-refractivity contribution in [1.82, 2.24) is 9.21 Å². The number of hydrogen-bond acceptors (Lipinski definition) is 4. The zero-order chi connectivity index (χ0) is 21.0. The normalized spacial score (nSPS) is 19.2. The highest BCUT2D eigenvalue weighted by atomic mass is 32.2. The summed E-state index contributed by atoms with van der Waals surface area (Å²) >= 11 is 0.